The van der Waals surface area contributed by atoms with Crippen molar-refractivity contribution in [2.45, 2.75) is 19.8 Å². The monoisotopic (exact) mass is 339 g/mol. The first kappa shape index (κ1) is 14.7. The number of hydrogen-bond acceptors (Lipinski definition) is 4. The van der Waals surface area contributed by atoms with E-state index in [1.807, 2.05) is 26.0 Å². The number of ether oxygens (including phenoxy) is 1. The molecule has 0 atom stereocenters. The summed E-state index contributed by atoms with van der Waals surface area (Å²) in [7, 11) is 1.66. The predicted molar refractivity (Wildman–Crippen MR) is 79.8 cm³/mol. The molecule has 1 aromatic heterocycles. The van der Waals surface area contributed by atoms with E-state index in [-0.39, 0.29) is 11.8 Å². The van der Waals surface area contributed by atoms with Crippen LogP contribution in [0.2, 0.25) is 0 Å². The molecule has 0 unspecified atom stereocenters. The molecule has 0 aliphatic heterocycles. The second-order valence-corrected chi connectivity index (χ2v) is 5.45. The molecular formula is C14H15BrFN3O. The molecule has 0 aliphatic rings. The molecular weight excluding hydrogens is 325 g/mol. The third-order valence-electron chi connectivity index (χ3n) is 2.74. The van der Waals surface area contributed by atoms with E-state index >= 15 is 0 Å². The molecule has 106 valence electrons. The lowest BCUT2D eigenvalue weighted by molar-refractivity contribution is 0.415. The van der Waals surface area contributed by atoms with Gasteiger partial charge in [-0.1, -0.05) is 29.8 Å². The van der Waals surface area contributed by atoms with Gasteiger partial charge in [0.05, 0.1) is 6.20 Å². The van der Waals surface area contributed by atoms with Gasteiger partial charge in [-0.05, 0) is 29.7 Å². The van der Waals surface area contributed by atoms with Gasteiger partial charge in [0.15, 0.2) is 0 Å². The van der Waals surface area contributed by atoms with E-state index in [0.29, 0.717) is 11.7 Å². The average Bonchev–Trinajstić information content (AvgIpc) is 2.42. The van der Waals surface area contributed by atoms with Crippen molar-refractivity contribution in [3.05, 3.63) is 40.2 Å². The Morgan fingerprint density at radius 3 is 2.75 bits per heavy atom. The van der Waals surface area contributed by atoms with Crippen LogP contribution >= 0.6 is 15.9 Å². The highest BCUT2D eigenvalue weighted by Crippen LogP contribution is 2.33. The van der Waals surface area contributed by atoms with Crippen molar-refractivity contribution < 1.29 is 9.13 Å². The third-order valence-corrected chi connectivity index (χ3v) is 3.23. The van der Waals surface area contributed by atoms with Crippen molar-refractivity contribution in [2.75, 3.05) is 12.4 Å². The van der Waals surface area contributed by atoms with Gasteiger partial charge >= 0.3 is 0 Å². The Labute approximate surface area is 125 Å². The van der Waals surface area contributed by atoms with E-state index in [9.17, 15) is 4.39 Å². The molecule has 1 aromatic carbocycles. The van der Waals surface area contributed by atoms with Crippen LogP contribution in [0.25, 0.3) is 0 Å². The molecule has 6 heteroatoms. The zero-order chi connectivity index (χ0) is 14.7. The predicted octanol–water partition coefficient (Wildman–Crippen LogP) is 4.34. The SMILES string of the molecule is CNc1ncc(F)c(Oc2ccc(Br)cc2C(C)C)n1. The standard InChI is InChI=1S/C14H15BrFN3O/c1-8(2)10-6-9(15)4-5-12(10)20-13-11(16)7-18-14(17-3)19-13/h4-8H,1-3H3,(H,17,18,19). The van der Waals surface area contributed by atoms with Gasteiger partial charge in [0.1, 0.15) is 5.75 Å². The molecule has 1 heterocycles. The van der Waals surface area contributed by atoms with Crippen LogP contribution in [-0.4, -0.2) is 17.0 Å². The van der Waals surface area contributed by atoms with E-state index in [4.69, 9.17) is 4.74 Å². The first-order chi connectivity index (χ1) is 9.51. The lowest BCUT2D eigenvalue weighted by Crippen LogP contribution is -2.02. The maximum Gasteiger partial charge on any atom is 0.260 e. The number of nitrogens with zero attached hydrogens (tertiary/aromatic N) is 2. The topological polar surface area (TPSA) is 47.0 Å². The van der Waals surface area contributed by atoms with E-state index in [1.165, 1.54) is 0 Å². The Bertz CT molecular complexity index is 619. The van der Waals surface area contributed by atoms with Gasteiger partial charge < -0.3 is 10.1 Å². The van der Waals surface area contributed by atoms with Gasteiger partial charge in [0.25, 0.3) is 5.88 Å². The maximum atomic E-state index is 13.7. The van der Waals surface area contributed by atoms with Crippen LogP contribution in [0.5, 0.6) is 11.6 Å². The van der Waals surface area contributed by atoms with Crippen molar-refractivity contribution in [1.82, 2.24) is 9.97 Å². The van der Waals surface area contributed by atoms with Gasteiger partial charge in [-0.2, -0.15) is 9.37 Å². The summed E-state index contributed by atoms with van der Waals surface area (Å²) in [4.78, 5) is 7.76. The van der Waals surface area contributed by atoms with Crippen molar-refractivity contribution in [1.29, 1.82) is 0 Å². The second kappa shape index (κ2) is 6.17. The van der Waals surface area contributed by atoms with Crippen LogP contribution in [0, 0.1) is 5.82 Å². The first-order valence-electron chi connectivity index (χ1n) is 6.19. The van der Waals surface area contributed by atoms with Crippen LogP contribution in [0.1, 0.15) is 25.3 Å². The summed E-state index contributed by atoms with van der Waals surface area (Å²) in [6.45, 7) is 4.09. The van der Waals surface area contributed by atoms with Crippen LogP contribution in [0.15, 0.2) is 28.9 Å². The number of anilines is 1. The fourth-order valence-electron chi connectivity index (χ4n) is 1.71. The molecule has 2 rings (SSSR count). The average molecular weight is 340 g/mol. The van der Waals surface area contributed by atoms with Gasteiger partial charge in [-0.25, -0.2) is 4.98 Å². The number of benzene rings is 1. The van der Waals surface area contributed by atoms with Crippen molar-refractivity contribution >= 4 is 21.9 Å². The quantitative estimate of drug-likeness (QED) is 0.900. The van der Waals surface area contributed by atoms with Gasteiger partial charge in [0.2, 0.25) is 11.8 Å². The van der Waals surface area contributed by atoms with E-state index in [2.05, 4.69) is 31.2 Å². The van der Waals surface area contributed by atoms with Crippen LogP contribution in [0.3, 0.4) is 0 Å². The van der Waals surface area contributed by atoms with Crippen molar-refractivity contribution in [2.24, 2.45) is 0 Å². The summed E-state index contributed by atoms with van der Waals surface area (Å²) in [5.41, 5.74) is 0.975. The second-order valence-electron chi connectivity index (χ2n) is 4.54. The Morgan fingerprint density at radius 1 is 1.35 bits per heavy atom. The molecule has 0 fully saturated rings. The Balaban J connectivity index is 2.39. The highest BCUT2D eigenvalue weighted by Gasteiger charge is 2.14. The van der Waals surface area contributed by atoms with Crippen molar-refractivity contribution in [3.63, 3.8) is 0 Å². The summed E-state index contributed by atoms with van der Waals surface area (Å²) in [5.74, 6) is 0.457. The largest absolute Gasteiger partial charge is 0.436 e. The van der Waals surface area contributed by atoms with E-state index in [1.54, 1.807) is 13.1 Å². The molecule has 0 saturated heterocycles. The van der Waals surface area contributed by atoms with Crippen LogP contribution in [0.4, 0.5) is 10.3 Å². The lowest BCUT2D eigenvalue weighted by Gasteiger charge is -2.14. The normalized spacial score (nSPS) is 10.7. The Kier molecular flexibility index (Phi) is 4.54. The maximum absolute atomic E-state index is 13.7. The van der Waals surface area contributed by atoms with E-state index in [0.717, 1.165) is 16.2 Å². The van der Waals surface area contributed by atoms with Crippen LogP contribution in [-0.2, 0) is 0 Å². The molecule has 0 amide bonds. The molecule has 20 heavy (non-hydrogen) atoms. The summed E-state index contributed by atoms with van der Waals surface area (Å²) >= 11 is 3.42. The fraction of sp³-hybridized carbons (Fsp3) is 0.286. The molecule has 0 bridgehead atoms. The first-order valence-corrected chi connectivity index (χ1v) is 6.98. The smallest absolute Gasteiger partial charge is 0.260 e. The summed E-state index contributed by atoms with van der Waals surface area (Å²) in [6.07, 6.45) is 1.09. The fourth-order valence-corrected chi connectivity index (χ4v) is 2.09. The zero-order valence-corrected chi connectivity index (χ0v) is 13.0. The summed E-state index contributed by atoms with van der Waals surface area (Å²) < 4.78 is 20.3. The number of hydrogen-bond donors (Lipinski definition) is 1. The van der Waals surface area contributed by atoms with Gasteiger partial charge in [-0.3, -0.25) is 0 Å². The highest BCUT2D eigenvalue weighted by atomic mass is 79.9. The molecule has 0 aliphatic carbocycles. The molecule has 4 nitrogen and oxygen atoms in total. The number of nitrogens with one attached hydrogen (secondary N) is 1. The molecule has 1 N–H and O–H groups in total. The van der Waals surface area contributed by atoms with E-state index < -0.39 is 5.82 Å². The van der Waals surface area contributed by atoms with Gasteiger partial charge in [-0.15, -0.1) is 0 Å². The van der Waals surface area contributed by atoms with Gasteiger partial charge in [0, 0.05) is 11.5 Å². The summed E-state index contributed by atoms with van der Waals surface area (Å²) in [6, 6.07) is 5.59. The zero-order valence-electron chi connectivity index (χ0n) is 11.4. The van der Waals surface area contributed by atoms with Crippen LogP contribution < -0.4 is 10.1 Å². The number of rotatable bonds is 4. The number of halogens is 2. The molecule has 0 radical (unpaired) electrons. The molecule has 2 aromatic rings. The Morgan fingerprint density at radius 2 is 2.10 bits per heavy atom. The third kappa shape index (κ3) is 3.25. The lowest BCUT2D eigenvalue weighted by atomic mass is 10.0. The molecule has 0 saturated carbocycles. The number of aromatic nitrogens is 2. The minimum Gasteiger partial charge on any atom is -0.436 e. The Hall–Kier alpha value is -1.69. The minimum atomic E-state index is -0.596. The highest BCUT2D eigenvalue weighted by molar-refractivity contribution is 9.10. The summed E-state index contributed by atoms with van der Waals surface area (Å²) in [5, 5.41) is 2.75. The molecule has 0 spiro atoms. The van der Waals surface area contributed by atoms with Crippen molar-refractivity contribution in [3.8, 4) is 11.6 Å². The minimum absolute atomic E-state index is 0.0893.